The van der Waals surface area contributed by atoms with Crippen LogP contribution in [0.4, 0.5) is 5.69 Å². The Kier molecular flexibility index (Phi) is 6.81. The van der Waals surface area contributed by atoms with Gasteiger partial charge in [-0.2, -0.15) is 0 Å². The largest absolute Gasteiger partial charge is 0.326 e. The smallest absolute Gasteiger partial charge is 0.255 e. The maximum atomic E-state index is 12.9. The van der Waals surface area contributed by atoms with E-state index in [1.54, 1.807) is 30.0 Å². The average Bonchev–Trinajstić information content (AvgIpc) is 3.10. The van der Waals surface area contributed by atoms with Crippen LogP contribution in [0.15, 0.2) is 47.4 Å². The van der Waals surface area contributed by atoms with Crippen molar-refractivity contribution in [1.29, 1.82) is 0 Å². The second-order valence-electron chi connectivity index (χ2n) is 7.69. The van der Waals surface area contributed by atoms with Crippen molar-refractivity contribution in [2.45, 2.75) is 43.2 Å². The van der Waals surface area contributed by atoms with Gasteiger partial charge in [0.05, 0.1) is 0 Å². The van der Waals surface area contributed by atoms with Gasteiger partial charge in [0, 0.05) is 46.1 Å². The van der Waals surface area contributed by atoms with Crippen molar-refractivity contribution in [3.05, 3.63) is 58.6 Å². The molecular weight excluding hydrogens is 450 g/mol. The molecule has 2 aliphatic heterocycles. The summed E-state index contributed by atoms with van der Waals surface area (Å²) < 4.78 is 0. The number of carbonyl (C=O) groups is 4. The molecule has 32 heavy (non-hydrogen) atoms. The highest BCUT2D eigenvalue weighted by atomic mass is 35.5. The molecule has 1 fully saturated rings. The summed E-state index contributed by atoms with van der Waals surface area (Å²) in [5.41, 5.74) is 1.76. The molecule has 4 amide bonds. The molecule has 0 radical (unpaired) electrons. The van der Waals surface area contributed by atoms with Gasteiger partial charge in [0.15, 0.2) is 0 Å². The topological polar surface area (TPSA) is 95.6 Å². The first-order valence-corrected chi connectivity index (χ1v) is 11.7. The molecule has 2 aromatic carbocycles. The molecule has 0 spiro atoms. The van der Waals surface area contributed by atoms with E-state index < -0.39 is 11.9 Å². The number of halogens is 1. The van der Waals surface area contributed by atoms with Crippen molar-refractivity contribution in [2.24, 2.45) is 0 Å². The number of thioether (sulfide) groups is 1. The van der Waals surface area contributed by atoms with Gasteiger partial charge in [-0.05, 0) is 55.0 Å². The predicted molar refractivity (Wildman–Crippen MR) is 123 cm³/mol. The highest BCUT2D eigenvalue weighted by molar-refractivity contribution is 7.99. The minimum atomic E-state index is -0.680. The van der Waals surface area contributed by atoms with Crippen LogP contribution in [0.1, 0.15) is 41.6 Å². The summed E-state index contributed by atoms with van der Waals surface area (Å²) in [6.07, 6.45) is 1.57. The number of nitrogens with zero attached hydrogens (tertiary/aromatic N) is 1. The van der Waals surface area contributed by atoms with Gasteiger partial charge in [0.25, 0.3) is 5.91 Å². The van der Waals surface area contributed by atoms with E-state index >= 15 is 0 Å². The SMILES string of the molecule is O=C1CCC(N2Cc3c(NC(=O)CCCSc4ccc(Cl)cc4)cccc3C2=O)C(=O)N1. The number of imide groups is 1. The van der Waals surface area contributed by atoms with Gasteiger partial charge in [-0.25, -0.2) is 0 Å². The van der Waals surface area contributed by atoms with Crippen molar-refractivity contribution in [3.8, 4) is 0 Å². The second kappa shape index (κ2) is 9.75. The first kappa shape index (κ1) is 22.4. The summed E-state index contributed by atoms with van der Waals surface area (Å²) in [7, 11) is 0. The fourth-order valence-corrected chi connectivity index (χ4v) is 4.85. The van der Waals surface area contributed by atoms with Crippen LogP contribution in [0.2, 0.25) is 5.02 Å². The minimum absolute atomic E-state index is 0.123. The number of amides is 4. The molecule has 9 heteroatoms. The van der Waals surface area contributed by atoms with Gasteiger partial charge in [0.2, 0.25) is 17.7 Å². The average molecular weight is 472 g/mol. The van der Waals surface area contributed by atoms with Crippen molar-refractivity contribution >= 4 is 52.7 Å². The summed E-state index contributed by atoms with van der Waals surface area (Å²) in [5, 5.41) is 5.90. The molecule has 2 aromatic rings. The fraction of sp³-hybridized carbons (Fsp3) is 0.304. The second-order valence-corrected chi connectivity index (χ2v) is 9.29. The number of rotatable bonds is 7. The Morgan fingerprint density at radius 2 is 1.94 bits per heavy atom. The number of hydrogen-bond acceptors (Lipinski definition) is 5. The van der Waals surface area contributed by atoms with Crippen molar-refractivity contribution in [1.82, 2.24) is 10.2 Å². The molecule has 0 bridgehead atoms. The molecule has 7 nitrogen and oxygen atoms in total. The van der Waals surface area contributed by atoms with E-state index in [1.807, 2.05) is 24.3 Å². The summed E-state index contributed by atoms with van der Waals surface area (Å²) in [4.78, 5) is 51.6. The maximum Gasteiger partial charge on any atom is 0.255 e. The number of benzene rings is 2. The fourth-order valence-electron chi connectivity index (χ4n) is 3.87. The molecular formula is C23H22ClN3O4S. The predicted octanol–water partition coefficient (Wildman–Crippen LogP) is 3.61. The van der Waals surface area contributed by atoms with E-state index in [-0.39, 0.29) is 30.7 Å². The van der Waals surface area contributed by atoms with Gasteiger partial charge in [0.1, 0.15) is 6.04 Å². The quantitative estimate of drug-likeness (QED) is 0.365. The monoisotopic (exact) mass is 471 g/mol. The first-order valence-electron chi connectivity index (χ1n) is 10.4. The van der Waals surface area contributed by atoms with Crippen LogP contribution in [0.3, 0.4) is 0 Å². The van der Waals surface area contributed by atoms with Crippen molar-refractivity contribution < 1.29 is 19.2 Å². The van der Waals surface area contributed by atoms with Crippen LogP contribution in [-0.2, 0) is 20.9 Å². The molecule has 1 unspecified atom stereocenters. The van der Waals surface area contributed by atoms with Crippen LogP contribution in [0.5, 0.6) is 0 Å². The number of nitrogens with one attached hydrogen (secondary N) is 2. The highest BCUT2D eigenvalue weighted by Crippen LogP contribution is 2.32. The molecule has 0 saturated carbocycles. The Labute approximate surface area is 194 Å². The molecule has 2 heterocycles. The molecule has 166 valence electrons. The summed E-state index contributed by atoms with van der Waals surface area (Å²) in [6, 6.07) is 12.1. The molecule has 0 aromatic heterocycles. The highest BCUT2D eigenvalue weighted by Gasteiger charge is 2.39. The van der Waals surface area contributed by atoms with Crippen molar-refractivity contribution in [3.63, 3.8) is 0 Å². The number of hydrogen-bond donors (Lipinski definition) is 2. The van der Waals surface area contributed by atoms with Gasteiger partial charge < -0.3 is 10.2 Å². The number of anilines is 1. The van der Waals surface area contributed by atoms with Crippen LogP contribution >= 0.6 is 23.4 Å². The van der Waals surface area contributed by atoms with Crippen LogP contribution in [0.25, 0.3) is 0 Å². The number of fused-ring (bicyclic) bond motifs is 1. The van der Waals surface area contributed by atoms with E-state index in [2.05, 4.69) is 10.6 Å². The summed E-state index contributed by atoms with van der Waals surface area (Å²) in [6.45, 7) is 0.226. The molecule has 1 atom stereocenters. The lowest BCUT2D eigenvalue weighted by Crippen LogP contribution is -2.52. The normalized spacial score (nSPS) is 17.8. The van der Waals surface area contributed by atoms with E-state index in [0.717, 1.165) is 10.6 Å². The third-order valence-corrected chi connectivity index (χ3v) is 6.84. The van der Waals surface area contributed by atoms with Gasteiger partial charge >= 0.3 is 0 Å². The molecule has 2 aliphatic rings. The zero-order valence-corrected chi connectivity index (χ0v) is 18.8. The van der Waals surface area contributed by atoms with Crippen LogP contribution in [-0.4, -0.2) is 40.3 Å². The van der Waals surface area contributed by atoms with Gasteiger partial charge in [-0.15, -0.1) is 11.8 Å². The Morgan fingerprint density at radius 3 is 2.69 bits per heavy atom. The van der Waals surface area contributed by atoms with E-state index in [1.165, 1.54) is 4.90 Å². The molecule has 4 rings (SSSR count). The van der Waals surface area contributed by atoms with E-state index in [9.17, 15) is 19.2 Å². The van der Waals surface area contributed by atoms with Crippen LogP contribution < -0.4 is 10.6 Å². The minimum Gasteiger partial charge on any atom is -0.326 e. The van der Waals surface area contributed by atoms with Gasteiger partial charge in [-0.3, -0.25) is 24.5 Å². The zero-order valence-electron chi connectivity index (χ0n) is 17.2. The Morgan fingerprint density at radius 1 is 1.16 bits per heavy atom. The van der Waals surface area contributed by atoms with E-state index in [4.69, 9.17) is 11.6 Å². The third kappa shape index (κ3) is 4.97. The summed E-state index contributed by atoms with van der Waals surface area (Å²) in [5.74, 6) is -0.361. The van der Waals surface area contributed by atoms with E-state index in [0.29, 0.717) is 41.1 Å². The third-order valence-electron chi connectivity index (χ3n) is 5.49. The number of carbonyl (C=O) groups excluding carboxylic acids is 4. The molecule has 0 aliphatic carbocycles. The Balaban J connectivity index is 1.33. The maximum absolute atomic E-state index is 12.9. The lowest BCUT2D eigenvalue weighted by atomic mass is 10.0. The zero-order chi connectivity index (χ0) is 22.7. The lowest BCUT2D eigenvalue weighted by Gasteiger charge is -2.29. The van der Waals surface area contributed by atoms with Gasteiger partial charge in [-0.1, -0.05) is 17.7 Å². The van der Waals surface area contributed by atoms with Crippen LogP contribution in [0, 0.1) is 0 Å². The first-order chi connectivity index (χ1) is 15.4. The lowest BCUT2D eigenvalue weighted by molar-refractivity contribution is -0.137. The Hall–Kier alpha value is -2.84. The molecule has 2 N–H and O–H groups in total. The van der Waals surface area contributed by atoms with Crippen molar-refractivity contribution in [2.75, 3.05) is 11.1 Å². The summed E-state index contributed by atoms with van der Waals surface area (Å²) >= 11 is 7.55. The molecule has 1 saturated heterocycles. The number of piperidine rings is 1. The standard InChI is InChI=1S/C23H22ClN3O4S/c24-14-6-8-15(9-7-14)32-12-2-5-20(28)25-18-4-1-3-16-17(18)13-27(23(16)31)19-10-11-21(29)26-22(19)30/h1,3-4,6-9,19H,2,5,10-13H2,(H,25,28)(H,26,29,30). The Bertz CT molecular complexity index is 1070.